The monoisotopic (exact) mass is 274 g/mol. The Labute approximate surface area is 110 Å². The first kappa shape index (κ1) is 15.4. The van der Waals surface area contributed by atoms with Crippen LogP contribution >= 0.6 is 0 Å². The molecule has 108 valence electrons. The highest BCUT2D eigenvalue weighted by atomic mass is 16.6. The number of hydrogen-bond acceptors (Lipinski definition) is 7. The summed E-state index contributed by atoms with van der Waals surface area (Å²) >= 11 is 0. The van der Waals surface area contributed by atoms with Gasteiger partial charge >= 0.3 is 17.9 Å². The fourth-order valence-electron chi connectivity index (χ4n) is 1.36. The van der Waals surface area contributed by atoms with E-state index < -0.39 is 30.1 Å². The van der Waals surface area contributed by atoms with Crippen LogP contribution in [0, 0.1) is 5.92 Å². The molecule has 7 heteroatoms. The predicted octanol–water partition coefficient (Wildman–Crippen LogP) is -0.205. The van der Waals surface area contributed by atoms with Crippen LogP contribution in [0.5, 0.6) is 0 Å². The maximum Gasteiger partial charge on any atom is 0.350 e. The summed E-state index contributed by atoms with van der Waals surface area (Å²) in [5, 5.41) is 9.70. The van der Waals surface area contributed by atoms with Gasteiger partial charge < -0.3 is 19.3 Å². The number of aliphatic hydroxyl groups excluding tert-OH is 1. The molecule has 1 fully saturated rings. The van der Waals surface area contributed by atoms with Crippen LogP contribution in [0.2, 0.25) is 0 Å². The summed E-state index contributed by atoms with van der Waals surface area (Å²) in [6.07, 6.45) is -2.18. The third kappa shape index (κ3) is 4.51. The lowest BCUT2D eigenvalue weighted by molar-refractivity contribution is -0.184. The Balaban J connectivity index is 2.69. The lowest BCUT2D eigenvalue weighted by Gasteiger charge is -2.20. The minimum Gasteiger partial charge on any atom is -0.464 e. The van der Waals surface area contributed by atoms with Crippen LogP contribution < -0.4 is 0 Å². The van der Waals surface area contributed by atoms with Crippen LogP contribution in [0.3, 0.4) is 0 Å². The maximum absolute atomic E-state index is 11.6. The summed E-state index contributed by atoms with van der Waals surface area (Å²) in [7, 11) is 0. The fraction of sp³-hybridized carbons (Fsp3) is 0.750. The Bertz CT molecular complexity index is 348. The predicted molar refractivity (Wildman–Crippen MR) is 61.9 cm³/mol. The quantitative estimate of drug-likeness (QED) is 0.506. The molecule has 0 spiro atoms. The van der Waals surface area contributed by atoms with Crippen molar-refractivity contribution in [2.45, 2.75) is 38.9 Å². The van der Waals surface area contributed by atoms with Crippen molar-refractivity contribution in [2.24, 2.45) is 5.92 Å². The van der Waals surface area contributed by atoms with Crippen molar-refractivity contribution < 1.29 is 33.7 Å². The number of hydrogen-bond donors (Lipinski definition) is 1. The lowest BCUT2D eigenvalue weighted by Crippen LogP contribution is -2.45. The van der Waals surface area contributed by atoms with Crippen molar-refractivity contribution in [3.63, 3.8) is 0 Å². The van der Waals surface area contributed by atoms with Gasteiger partial charge in [-0.2, -0.15) is 0 Å². The van der Waals surface area contributed by atoms with Crippen LogP contribution in [-0.4, -0.2) is 48.4 Å². The van der Waals surface area contributed by atoms with Crippen molar-refractivity contribution in [3.05, 3.63) is 0 Å². The smallest absolute Gasteiger partial charge is 0.350 e. The molecular formula is C12H18O7. The van der Waals surface area contributed by atoms with Gasteiger partial charge in [0.1, 0.15) is 0 Å². The highest BCUT2D eigenvalue weighted by Gasteiger charge is 2.41. The molecule has 1 saturated carbocycles. The Hall–Kier alpha value is -1.63. The molecule has 0 aromatic rings. The van der Waals surface area contributed by atoms with Crippen molar-refractivity contribution in [1.82, 2.24) is 0 Å². The van der Waals surface area contributed by atoms with Crippen LogP contribution in [-0.2, 0) is 28.6 Å². The van der Waals surface area contributed by atoms with Crippen LogP contribution in [0.1, 0.15) is 26.7 Å². The lowest BCUT2D eigenvalue weighted by atomic mass is 10.2. The first-order chi connectivity index (χ1) is 9.01. The van der Waals surface area contributed by atoms with E-state index in [0.717, 1.165) is 0 Å². The van der Waals surface area contributed by atoms with E-state index in [1.807, 2.05) is 0 Å². The number of ether oxygens (including phenoxy) is 3. The molecule has 1 aliphatic carbocycles. The number of carbonyl (C=O) groups is 3. The number of carbonyl (C=O) groups excluding carboxylic acids is 3. The van der Waals surface area contributed by atoms with Crippen molar-refractivity contribution in [3.8, 4) is 0 Å². The van der Waals surface area contributed by atoms with Gasteiger partial charge in [0.2, 0.25) is 6.10 Å². The maximum atomic E-state index is 11.6. The number of rotatable bonds is 7. The molecule has 0 bridgehead atoms. The third-order valence-corrected chi connectivity index (χ3v) is 2.49. The molecule has 19 heavy (non-hydrogen) atoms. The molecule has 2 atom stereocenters. The van der Waals surface area contributed by atoms with Gasteiger partial charge in [0.05, 0.1) is 19.1 Å². The molecule has 0 aromatic carbocycles. The molecule has 0 saturated heterocycles. The molecule has 1 rings (SSSR count). The molecule has 0 amide bonds. The normalized spacial score (nSPS) is 17.2. The molecule has 1 aliphatic rings. The van der Waals surface area contributed by atoms with E-state index in [-0.39, 0.29) is 19.1 Å². The molecule has 1 N–H and O–H groups in total. The van der Waals surface area contributed by atoms with Gasteiger partial charge in [-0.1, -0.05) is 0 Å². The summed E-state index contributed by atoms with van der Waals surface area (Å²) in [4.78, 5) is 34.5. The SMILES string of the molecule is CCOC(=O)[C@@H](O)[C@H](OC(=O)C1CC1)C(=O)OCC. The van der Waals surface area contributed by atoms with E-state index in [2.05, 4.69) is 9.47 Å². The fourth-order valence-corrected chi connectivity index (χ4v) is 1.36. The summed E-state index contributed by atoms with van der Waals surface area (Å²) in [6.45, 7) is 3.21. The summed E-state index contributed by atoms with van der Waals surface area (Å²) < 4.78 is 14.1. The van der Waals surface area contributed by atoms with Gasteiger partial charge in [-0.05, 0) is 26.7 Å². The van der Waals surface area contributed by atoms with E-state index in [0.29, 0.717) is 12.8 Å². The van der Waals surface area contributed by atoms with Gasteiger partial charge in [-0.15, -0.1) is 0 Å². The van der Waals surface area contributed by atoms with Crippen LogP contribution in [0.25, 0.3) is 0 Å². The molecule has 0 unspecified atom stereocenters. The van der Waals surface area contributed by atoms with Gasteiger partial charge in [0.25, 0.3) is 0 Å². The van der Waals surface area contributed by atoms with Crippen LogP contribution in [0.4, 0.5) is 0 Å². The second-order valence-electron chi connectivity index (χ2n) is 4.08. The van der Waals surface area contributed by atoms with E-state index in [4.69, 9.17) is 4.74 Å². The first-order valence-electron chi connectivity index (χ1n) is 6.23. The average Bonchev–Trinajstić information content (AvgIpc) is 3.19. The highest BCUT2D eigenvalue weighted by Crippen LogP contribution is 2.30. The Kier molecular flexibility index (Phi) is 5.75. The van der Waals surface area contributed by atoms with Gasteiger partial charge in [0, 0.05) is 0 Å². The van der Waals surface area contributed by atoms with Crippen molar-refractivity contribution in [1.29, 1.82) is 0 Å². The molecule has 7 nitrogen and oxygen atoms in total. The molecule has 0 aromatic heterocycles. The van der Waals surface area contributed by atoms with E-state index in [1.165, 1.54) is 0 Å². The van der Waals surface area contributed by atoms with E-state index in [9.17, 15) is 19.5 Å². The second kappa shape index (κ2) is 7.08. The Morgan fingerprint density at radius 3 is 2.11 bits per heavy atom. The van der Waals surface area contributed by atoms with Gasteiger partial charge in [-0.3, -0.25) is 4.79 Å². The van der Waals surface area contributed by atoms with Gasteiger partial charge in [0.15, 0.2) is 6.10 Å². The second-order valence-corrected chi connectivity index (χ2v) is 4.08. The molecule has 0 aliphatic heterocycles. The molecule has 0 radical (unpaired) electrons. The van der Waals surface area contributed by atoms with Crippen molar-refractivity contribution in [2.75, 3.05) is 13.2 Å². The Morgan fingerprint density at radius 1 is 1.11 bits per heavy atom. The zero-order valence-corrected chi connectivity index (χ0v) is 11.0. The van der Waals surface area contributed by atoms with Crippen molar-refractivity contribution >= 4 is 17.9 Å². The minimum absolute atomic E-state index is 0.0437. The largest absolute Gasteiger partial charge is 0.464 e. The molecule has 0 heterocycles. The number of esters is 3. The summed E-state index contributed by atoms with van der Waals surface area (Å²) in [5.74, 6) is -2.85. The summed E-state index contributed by atoms with van der Waals surface area (Å²) in [5.41, 5.74) is 0. The standard InChI is InChI=1S/C12H18O7/c1-3-17-11(15)8(13)9(12(16)18-4-2)19-10(14)7-5-6-7/h7-9,13H,3-6H2,1-2H3/t8-,9-/m0/s1. The highest BCUT2D eigenvalue weighted by molar-refractivity contribution is 5.88. The third-order valence-electron chi connectivity index (χ3n) is 2.49. The van der Waals surface area contributed by atoms with E-state index in [1.54, 1.807) is 13.8 Å². The topological polar surface area (TPSA) is 99.1 Å². The Morgan fingerprint density at radius 2 is 1.63 bits per heavy atom. The molecular weight excluding hydrogens is 256 g/mol. The zero-order valence-electron chi connectivity index (χ0n) is 11.0. The zero-order chi connectivity index (χ0) is 14.4. The number of aliphatic hydroxyl groups is 1. The van der Waals surface area contributed by atoms with Crippen LogP contribution in [0.15, 0.2) is 0 Å². The first-order valence-corrected chi connectivity index (χ1v) is 6.23. The minimum atomic E-state index is -1.87. The van der Waals surface area contributed by atoms with Gasteiger partial charge in [-0.25, -0.2) is 9.59 Å². The average molecular weight is 274 g/mol. The summed E-state index contributed by atoms with van der Waals surface area (Å²) in [6, 6.07) is 0. The van der Waals surface area contributed by atoms with E-state index >= 15 is 0 Å².